The number of aromatic nitrogens is 2. The summed E-state index contributed by atoms with van der Waals surface area (Å²) >= 11 is 4.97. The Hall–Kier alpha value is -1.27. The summed E-state index contributed by atoms with van der Waals surface area (Å²) in [6, 6.07) is 0.304. The SMILES string of the molecule is CC(Nc1nccnc1C(N)=S)C1CCOCC1. The van der Waals surface area contributed by atoms with Crippen LogP contribution >= 0.6 is 12.2 Å². The minimum absolute atomic E-state index is 0.268. The van der Waals surface area contributed by atoms with Gasteiger partial charge in [-0.3, -0.25) is 0 Å². The molecule has 6 heteroatoms. The lowest BCUT2D eigenvalue weighted by molar-refractivity contribution is 0.0622. The van der Waals surface area contributed by atoms with Crippen LogP contribution in [0.4, 0.5) is 5.82 Å². The van der Waals surface area contributed by atoms with Crippen molar-refractivity contribution in [3.05, 3.63) is 18.1 Å². The van der Waals surface area contributed by atoms with Crippen LogP contribution < -0.4 is 11.1 Å². The van der Waals surface area contributed by atoms with Gasteiger partial charge in [0, 0.05) is 31.6 Å². The second kappa shape index (κ2) is 6.06. The van der Waals surface area contributed by atoms with Crippen LogP contribution in [-0.4, -0.2) is 34.2 Å². The number of nitrogens with zero attached hydrogens (tertiary/aromatic N) is 2. The van der Waals surface area contributed by atoms with E-state index >= 15 is 0 Å². The molecule has 0 spiro atoms. The minimum Gasteiger partial charge on any atom is -0.388 e. The Morgan fingerprint density at radius 1 is 1.44 bits per heavy atom. The molecule has 5 nitrogen and oxygen atoms in total. The van der Waals surface area contributed by atoms with E-state index in [4.69, 9.17) is 22.7 Å². The van der Waals surface area contributed by atoms with Crippen molar-refractivity contribution in [3.63, 3.8) is 0 Å². The summed E-state index contributed by atoms with van der Waals surface area (Å²) in [5.74, 6) is 1.25. The van der Waals surface area contributed by atoms with E-state index in [1.54, 1.807) is 12.4 Å². The first-order valence-corrected chi connectivity index (χ1v) is 6.54. The molecule has 1 aromatic heterocycles. The average molecular weight is 266 g/mol. The Balaban J connectivity index is 2.06. The zero-order chi connectivity index (χ0) is 13.0. The zero-order valence-corrected chi connectivity index (χ0v) is 11.2. The monoisotopic (exact) mass is 266 g/mol. The molecular formula is C12H18N4OS. The summed E-state index contributed by atoms with van der Waals surface area (Å²) in [5, 5.41) is 3.36. The summed E-state index contributed by atoms with van der Waals surface area (Å²) in [6.07, 6.45) is 5.37. The summed E-state index contributed by atoms with van der Waals surface area (Å²) in [7, 11) is 0. The number of anilines is 1. The van der Waals surface area contributed by atoms with E-state index in [1.165, 1.54) is 0 Å². The van der Waals surface area contributed by atoms with Crippen LogP contribution in [-0.2, 0) is 4.74 Å². The van der Waals surface area contributed by atoms with Gasteiger partial charge in [-0.2, -0.15) is 0 Å². The molecule has 1 unspecified atom stereocenters. The van der Waals surface area contributed by atoms with Crippen molar-refractivity contribution in [2.75, 3.05) is 18.5 Å². The van der Waals surface area contributed by atoms with Crippen LogP contribution in [0.15, 0.2) is 12.4 Å². The van der Waals surface area contributed by atoms with Gasteiger partial charge < -0.3 is 15.8 Å². The maximum atomic E-state index is 5.64. The summed E-state index contributed by atoms with van der Waals surface area (Å²) in [5.41, 5.74) is 6.20. The van der Waals surface area contributed by atoms with Crippen LogP contribution in [0.2, 0.25) is 0 Å². The van der Waals surface area contributed by atoms with Crippen LogP contribution in [0, 0.1) is 5.92 Å². The van der Waals surface area contributed by atoms with Gasteiger partial charge in [0.05, 0.1) is 0 Å². The van der Waals surface area contributed by atoms with Crippen molar-refractivity contribution < 1.29 is 4.74 Å². The molecule has 98 valence electrons. The summed E-state index contributed by atoms with van der Waals surface area (Å²) in [6.45, 7) is 3.81. The summed E-state index contributed by atoms with van der Waals surface area (Å²) < 4.78 is 5.37. The molecule has 0 aromatic carbocycles. The number of rotatable bonds is 4. The molecule has 0 saturated carbocycles. The zero-order valence-electron chi connectivity index (χ0n) is 10.4. The Labute approximate surface area is 112 Å². The molecule has 1 atom stereocenters. The van der Waals surface area contributed by atoms with Gasteiger partial charge >= 0.3 is 0 Å². The van der Waals surface area contributed by atoms with E-state index in [0.29, 0.717) is 23.5 Å². The first-order valence-electron chi connectivity index (χ1n) is 6.13. The third kappa shape index (κ3) is 3.14. The van der Waals surface area contributed by atoms with E-state index in [2.05, 4.69) is 22.2 Å². The maximum Gasteiger partial charge on any atom is 0.155 e. The third-order valence-corrected chi connectivity index (χ3v) is 3.46. The van der Waals surface area contributed by atoms with Crippen LogP contribution in [0.25, 0.3) is 0 Å². The van der Waals surface area contributed by atoms with E-state index in [-0.39, 0.29) is 4.99 Å². The molecule has 1 aromatic rings. The molecule has 3 N–H and O–H groups in total. The standard InChI is InChI=1S/C12H18N4OS/c1-8(9-2-6-17-7-3-9)16-12-10(11(13)18)14-4-5-15-12/h4-5,8-9H,2-3,6-7H2,1H3,(H2,13,18)(H,15,16). The fourth-order valence-corrected chi connectivity index (χ4v) is 2.32. The minimum atomic E-state index is 0.268. The largest absolute Gasteiger partial charge is 0.388 e. The highest BCUT2D eigenvalue weighted by Gasteiger charge is 2.21. The molecule has 18 heavy (non-hydrogen) atoms. The number of nitrogens with two attached hydrogens (primary N) is 1. The topological polar surface area (TPSA) is 73.1 Å². The Morgan fingerprint density at radius 2 is 2.11 bits per heavy atom. The second-order valence-corrected chi connectivity index (χ2v) is 4.94. The van der Waals surface area contributed by atoms with Crippen molar-refractivity contribution >= 4 is 23.0 Å². The Kier molecular flexibility index (Phi) is 4.43. The highest BCUT2D eigenvalue weighted by Crippen LogP contribution is 2.21. The van der Waals surface area contributed by atoms with Gasteiger partial charge in [0.2, 0.25) is 0 Å². The van der Waals surface area contributed by atoms with Crippen LogP contribution in [0.5, 0.6) is 0 Å². The van der Waals surface area contributed by atoms with Gasteiger partial charge in [0.15, 0.2) is 5.82 Å². The van der Waals surface area contributed by atoms with E-state index in [1.807, 2.05) is 0 Å². The molecule has 0 bridgehead atoms. The van der Waals surface area contributed by atoms with Crippen LogP contribution in [0.3, 0.4) is 0 Å². The molecule has 2 rings (SSSR count). The van der Waals surface area contributed by atoms with Crippen molar-refractivity contribution in [3.8, 4) is 0 Å². The molecule has 0 amide bonds. The maximum absolute atomic E-state index is 5.64. The van der Waals surface area contributed by atoms with Gasteiger partial charge in [0.25, 0.3) is 0 Å². The van der Waals surface area contributed by atoms with Gasteiger partial charge in [-0.25, -0.2) is 9.97 Å². The molecule has 1 saturated heterocycles. The molecule has 1 fully saturated rings. The molecule has 1 aliphatic rings. The number of thiocarbonyl (C=S) groups is 1. The van der Waals surface area contributed by atoms with E-state index in [9.17, 15) is 0 Å². The molecule has 2 heterocycles. The highest BCUT2D eigenvalue weighted by molar-refractivity contribution is 7.80. The number of hydrogen-bond acceptors (Lipinski definition) is 5. The highest BCUT2D eigenvalue weighted by atomic mass is 32.1. The fourth-order valence-electron chi connectivity index (χ4n) is 2.17. The third-order valence-electron chi connectivity index (χ3n) is 3.27. The van der Waals surface area contributed by atoms with Crippen LogP contribution in [0.1, 0.15) is 25.5 Å². The number of ether oxygens (including phenoxy) is 1. The number of nitrogens with one attached hydrogen (secondary N) is 1. The fraction of sp³-hybridized carbons (Fsp3) is 0.583. The van der Waals surface area contributed by atoms with E-state index in [0.717, 1.165) is 26.1 Å². The number of hydrogen-bond donors (Lipinski definition) is 2. The normalized spacial score (nSPS) is 18.3. The molecule has 1 aliphatic heterocycles. The van der Waals surface area contributed by atoms with Gasteiger partial charge in [-0.15, -0.1) is 0 Å². The quantitative estimate of drug-likeness (QED) is 0.801. The Morgan fingerprint density at radius 3 is 2.78 bits per heavy atom. The molecule has 0 radical (unpaired) electrons. The van der Waals surface area contributed by atoms with Crippen molar-refractivity contribution in [2.45, 2.75) is 25.8 Å². The predicted molar refractivity (Wildman–Crippen MR) is 74.5 cm³/mol. The van der Waals surface area contributed by atoms with Crippen molar-refractivity contribution in [1.29, 1.82) is 0 Å². The van der Waals surface area contributed by atoms with E-state index < -0.39 is 0 Å². The molecular weight excluding hydrogens is 248 g/mol. The van der Waals surface area contributed by atoms with Gasteiger partial charge in [-0.1, -0.05) is 12.2 Å². The first kappa shape index (κ1) is 13.2. The van der Waals surface area contributed by atoms with Crippen molar-refractivity contribution in [2.24, 2.45) is 11.7 Å². The van der Waals surface area contributed by atoms with Crippen molar-refractivity contribution in [1.82, 2.24) is 9.97 Å². The summed E-state index contributed by atoms with van der Waals surface area (Å²) in [4.78, 5) is 8.69. The Bertz CT molecular complexity index is 420. The second-order valence-electron chi connectivity index (χ2n) is 4.50. The first-order chi connectivity index (χ1) is 8.68. The van der Waals surface area contributed by atoms with Gasteiger partial charge in [-0.05, 0) is 25.7 Å². The smallest absolute Gasteiger partial charge is 0.155 e. The molecule has 0 aliphatic carbocycles. The lowest BCUT2D eigenvalue weighted by atomic mass is 9.93. The average Bonchev–Trinajstić information content (AvgIpc) is 2.40. The lowest BCUT2D eigenvalue weighted by Gasteiger charge is -2.29. The lowest BCUT2D eigenvalue weighted by Crippen LogP contribution is -2.32. The van der Waals surface area contributed by atoms with Gasteiger partial charge in [0.1, 0.15) is 10.7 Å². The predicted octanol–water partition coefficient (Wildman–Crippen LogP) is 1.34.